The Bertz CT molecular complexity index is 2000. The first-order valence-corrected chi connectivity index (χ1v) is 15.5. The quantitative estimate of drug-likeness (QED) is 0.182. The van der Waals surface area contributed by atoms with Crippen LogP contribution in [0.2, 0.25) is 0 Å². The van der Waals surface area contributed by atoms with Gasteiger partial charge in [-0.25, -0.2) is 22.2 Å². The molecule has 2 N–H and O–H groups in total. The number of benzene rings is 2. The van der Waals surface area contributed by atoms with Gasteiger partial charge in [-0.3, -0.25) is 30.0 Å². The van der Waals surface area contributed by atoms with E-state index in [1.807, 2.05) is 0 Å². The van der Waals surface area contributed by atoms with Crippen LogP contribution in [0.3, 0.4) is 0 Å². The third-order valence-electron chi connectivity index (χ3n) is 6.25. The number of sulfonamides is 1. The number of pyridine rings is 1. The van der Waals surface area contributed by atoms with Crippen LogP contribution in [-0.2, 0) is 14.8 Å². The number of carbonyl (C=O) groups excluding carboxylic acids is 2. The van der Waals surface area contributed by atoms with Gasteiger partial charge in [-0.2, -0.15) is 4.31 Å². The number of halogens is 2. The second kappa shape index (κ2) is 13.9. The molecule has 0 aliphatic carbocycles. The predicted molar refractivity (Wildman–Crippen MR) is 161 cm³/mol. The van der Waals surface area contributed by atoms with Crippen molar-refractivity contribution in [2.75, 3.05) is 36.9 Å². The summed E-state index contributed by atoms with van der Waals surface area (Å²) in [7, 11) is -3.62. The van der Waals surface area contributed by atoms with Crippen LogP contribution in [0.25, 0.3) is 10.2 Å². The van der Waals surface area contributed by atoms with E-state index >= 15 is 0 Å². The minimum atomic E-state index is -3.62. The molecular weight excluding hydrogens is 650 g/mol. The molecule has 238 valence electrons. The van der Waals surface area contributed by atoms with Crippen LogP contribution >= 0.6 is 11.3 Å². The Morgan fingerprint density at radius 3 is 2.37 bits per heavy atom. The Labute approximate surface area is 262 Å². The van der Waals surface area contributed by atoms with Gasteiger partial charge in [0, 0.05) is 31.0 Å². The summed E-state index contributed by atoms with van der Waals surface area (Å²) in [5, 5.41) is 15.8. The van der Waals surface area contributed by atoms with Gasteiger partial charge in [-0.1, -0.05) is 17.4 Å². The minimum Gasteiger partial charge on any atom is -0.395 e. The molecule has 1 saturated heterocycles. The normalized spacial score (nSPS) is 13.4. The summed E-state index contributed by atoms with van der Waals surface area (Å²) in [6, 6.07) is 14.7. The molecule has 0 bridgehead atoms. The highest BCUT2D eigenvalue weighted by Crippen LogP contribution is 2.29. The van der Waals surface area contributed by atoms with Crippen LogP contribution in [0.5, 0.6) is 0 Å². The first-order chi connectivity index (χ1) is 22.0. The Morgan fingerprint density at radius 1 is 0.978 bits per heavy atom. The first-order valence-electron chi connectivity index (χ1n) is 13.2. The second-order valence-electron chi connectivity index (χ2n) is 9.31. The maximum Gasteiger partial charge on any atom is 0.433 e. The molecule has 46 heavy (non-hydrogen) atoms. The number of fused-ring (bicyclic) bond motifs is 1. The van der Waals surface area contributed by atoms with Crippen molar-refractivity contribution in [3.05, 3.63) is 106 Å². The zero-order valence-electron chi connectivity index (χ0n) is 23.4. The van der Waals surface area contributed by atoms with Crippen molar-refractivity contribution in [1.82, 2.24) is 14.3 Å². The molecule has 0 atom stereocenters. The summed E-state index contributed by atoms with van der Waals surface area (Å²) in [5.74, 6) is -3.33. The van der Waals surface area contributed by atoms with E-state index in [2.05, 4.69) is 20.6 Å². The van der Waals surface area contributed by atoms with Crippen LogP contribution in [0, 0.1) is 21.7 Å². The molecule has 1 aliphatic rings. The minimum absolute atomic E-state index is 0.0349. The van der Waals surface area contributed by atoms with E-state index < -0.39 is 44.3 Å². The molecule has 0 radical (unpaired) electrons. The maximum absolute atomic E-state index is 13.5. The lowest BCUT2D eigenvalue weighted by Crippen LogP contribution is -2.40. The van der Waals surface area contributed by atoms with E-state index in [-0.39, 0.29) is 40.1 Å². The van der Waals surface area contributed by atoms with E-state index in [9.17, 15) is 36.9 Å². The van der Waals surface area contributed by atoms with Crippen molar-refractivity contribution in [2.45, 2.75) is 4.90 Å². The highest BCUT2D eigenvalue weighted by Gasteiger charge is 2.26. The Kier molecular flexibility index (Phi) is 9.71. The van der Waals surface area contributed by atoms with Gasteiger partial charge in [0.15, 0.2) is 16.7 Å². The van der Waals surface area contributed by atoms with Gasteiger partial charge in [0.05, 0.1) is 28.9 Å². The van der Waals surface area contributed by atoms with E-state index in [1.165, 1.54) is 46.9 Å². The largest absolute Gasteiger partial charge is 0.433 e. The zero-order valence-corrected chi connectivity index (χ0v) is 25.0. The van der Waals surface area contributed by atoms with Gasteiger partial charge < -0.3 is 14.5 Å². The molecule has 0 unspecified atom stereocenters. The smallest absolute Gasteiger partial charge is 0.395 e. The summed E-state index contributed by atoms with van der Waals surface area (Å²) in [6.45, 7) is 1.28. The molecule has 2 amide bonds. The lowest BCUT2D eigenvalue weighted by Gasteiger charge is -2.26. The van der Waals surface area contributed by atoms with Gasteiger partial charge >= 0.3 is 5.88 Å². The van der Waals surface area contributed by atoms with Crippen molar-refractivity contribution in [1.29, 1.82) is 0 Å². The van der Waals surface area contributed by atoms with Crippen molar-refractivity contribution < 1.29 is 40.9 Å². The number of morpholine rings is 1. The highest BCUT2D eigenvalue weighted by molar-refractivity contribution is 7.89. The molecule has 6 rings (SSSR count). The van der Waals surface area contributed by atoms with E-state index in [4.69, 9.17) is 9.15 Å². The molecule has 0 saturated carbocycles. The van der Waals surface area contributed by atoms with Gasteiger partial charge in [-0.05, 0) is 48.5 Å². The molecule has 2 aromatic carbocycles. The average Bonchev–Trinajstić information content (AvgIpc) is 3.71. The van der Waals surface area contributed by atoms with Crippen molar-refractivity contribution >= 4 is 60.1 Å². The molecule has 4 heterocycles. The summed E-state index contributed by atoms with van der Waals surface area (Å²) in [4.78, 5) is 41.6. The summed E-state index contributed by atoms with van der Waals surface area (Å²) in [6.07, 6.45) is 1.49. The fraction of sp³-hybridized carbons (Fsp3) is 0.143. The first kappa shape index (κ1) is 32.2. The number of hydrogen-bond acceptors (Lipinski definition) is 11. The number of anilines is 2. The monoisotopic (exact) mass is 672 g/mol. The van der Waals surface area contributed by atoms with E-state index in [0.29, 0.717) is 23.6 Å². The highest BCUT2D eigenvalue weighted by atomic mass is 32.2. The molecule has 0 spiro atoms. The number of thiazole rings is 1. The van der Waals surface area contributed by atoms with Crippen LogP contribution in [0.15, 0.2) is 82.2 Å². The second-order valence-corrected chi connectivity index (χ2v) is 12.3. The van der Waals surface area contributed by atoms with E-state index in [1.54, 1.807) is 18.2 Å². The SMILES string of the molecule is O=C(Nc1ccc(S(=O)(=O)N2CCOCC2)cc1)c1ccc([N+](=O)[O-])o1.O=C(Nc1nc2c(F)cc(F)cc2s1)c1ccccn1. The zero-order chi connectivity index (χ0) is 32.8. The number of rotatable bonds is 7. The third kappa shape index (κ3) is 7.54. The summed E-state index contributed by atoms with van der Waals surface area (Å²) >= 11 is 0.998. The molecule has 1 fully saturated rings. The van der Waals surface area contributed by atoms with Gasteiger partial charge in [0.2, 0.25) is 10.0 Å². The van der Waals surface area contributed by atoms with Crippen LogP contribution < -0.4 is 10.6 Å². The molecule has 14 nitrogen and oxygen atoms in total. The average molecular weight is 673 g/mol. The van der Waals surface area contributed by atoms with Crippen molar-refractivity contribution in [2.24, 2.45) is 0 Å². The fourth-order valence-corrected chi connectivity index (χ4v) is 6.36. The number of amides is 2. The number of carbonyl (C=O) groups is 2. The predicted octanol–water partition coefficient (Wildman–Crippen LogP) is 4.68. The number of nitrogens with one attached hydrogen (secondary N) is 2. The van der Waals surface area contributed by atoms with Crippen LogP contribution in [0.4, 0.5) is 25.5 Å². The maximum atomic E-state index is 13.5. The van der Waals surface area contributed by atoms with Crippen molar-refractivity contribution in [3.63, 3.8) is 0 Å². The molecule has 18 heteroatoms. The third-order valence-corrected chi connectivity index (χ3v) is 9.08. The number of furan rings is 1. The van der Waals surface area contributed by atoms with Crippen LogP contribution in [0.1, 0.15) is 21.0 Å². The van der Waals surface area contributed by atoms with Crippen LogP contribution in [-0.4, -0.2) is 65.7 Å². The molecule has 5 aromatic rings. The summed E-state index contributed by atoms with van der Waals surface area (Å²) in [5.41, 5.74) is 0.584. The number of ether oxygens (including phenoxy) is 1. The Balaban J connectivity index is 0.000000187. The Hall–Kier alpha value is -5.17. The lowest BCUT2D eigenvalue weighted by atomic mass is 10.3. The Morgan fingerprint density at radius 2 is 1.72 bits per heavy atom. The van der Waals surface area contributed by atoms with Gasteiger partial charge in [0.25, 0.3) is 11.8 Å². The standard InChI is InChI=1S/C15H15N3O7S.C13H7F2N3OS/c19-15(13-5-6-14(25-13)18(20)21)16-11-1-3-12(4-2-11)26(22,23)17-7-9-24-10-8-17;14-7-5-8(15)11-10(6-7)20-13(17-11)18-12(19)9-3-1-2-4-16-9/h1-6H,7-10H2,(H,16,19);1-6H,(H,17,18,19). The number of hydrogen-bond donors (Lipinski definition) is 2. The van der Waals surface area contributed by atoms with Gasteiger partial charge in [-0.15, -0.1) is 0 Å². The summed E-state index contributed by atoms with van der Waals surface area (Å²) < 4.78 is 63.2. The topological polar surface area (TPSA) is 187 Å². The number of aromatic nitrogens is 2. The molecular formula is C28H22F2N6O8S2. The number of nitrogens with zero attached hydrogens (tertiary/aromatic N) is 4. The molecule has 1 aliphatic heterocycles. The number of nitro groups is 1. The fourth-order valence-electron chi connectivity index (χ4n) is 4.06. The van der Waals surface area contributed by atoms with Gasteiger partial charge in [0.1, 0.15) is 22.0 Å². The van der Waals surface area contributed by atoms with E-state index in [0.717, 1.165) is 23.5 Å². The van der Waals surface area contributed by atoms with Crippen molar-refractivity contribution in [3.8, 4) is 0 Å². The molecule has 3 aromatic heterocycles. The lowest BCUT2D eigenvalue weighted by molar-refractivity contribution is -0.402.